The number of carboxylic acid groups (broad SMARTS) is 1. The minimum atomic E-state index is -0.812. The Labute approximate surface area is 147 Å². The maximum absolute atomic E-state index is 12.5. The Hall–Kier alpha value is -2.57. The van der Waals surface area contributed by atoms with Crippen LogP contribution < -0.4 is 4.74 Å². The lowest BCUT2D eigenvalue weighted by molar-refractivity contribution is -0.145. The zero-order chi connectivity index (χ0) is 18.4. The van der Waals surface area contributed by atoms with Crippen LogP contribution in [0.3, 0.4) is 0 Å². The van der Waals surface area contributed by atoms with Crippen molar-refractivity contribution in [2.24, 2.45) is 5.92 Å². The molecule has 1 fully saturated rings. The molecule has 0 atom stereocenters. The van der Waals surface area contributed by atoms with Gasteiger partial charge in [-0.25, -0.2) is 0 Å². The van der Waals surface area contributed by atoms with E-state index in [-0.39, 0.29) is 24.3 Å². The van der Waals surface area contributed by atoms with Crippen molar-refractivity contribution >= 4 is 17.8 Å². The molecule has 1 aromatic rings. The average molecular weight is 348 g/mol. The fourth-order valence-electron chi connectivity index (χ4n) is 2.86. The van der Waals surface area contributed by atoms with Gasteiger partial charge in [0.05, 0.1) is 19.1 Å². The molecule has 7 nitrogen and oxygen atoms in total. The molecule has 0 aromatic heterocycles. The Kier molecular flexibility index (Phi) is 6.38. The first kappa shape index (κ1) is 18.8. The molecule has 1 aromatic carbocycles. The van der Waals surface area contributed by atoms with Crippen molar-refractivity contribution in [2.45, 2.75) is 19.8 Å². The zero-order valence-corrected chi connectivity index (χ0v) is 14.6. The lowest BCUT2D eigenvalue weighted by Gasteiger charge is -2.31. The van der Waals surface area contributed by atoms with Crippen LogP contribution in [0.4, 0.5) is 0 Å². The smallest absolute Gasteiger partial charge is 0.306 e. The Morgan fingerprint density at radius 2 is 1.96 bits per heavy atom. The van der Waals surface area contributed by atoms with Gasteiger partial charge in [-0.15, -0.1) is 0 Å². The van der Waals surface area contributed by atoms with Crippen molar-refractivity contribution in [3.05, 3.63) is 29.8 Å². The maximum atomic E-state index is 12.5. The molecule has 0 saturated carbocycles. The van der Waals surface area contributed by atoms with Gasteiger partial charge in [-0.1, -0.05) is 6.07 Å². The number of carbonyl (C=O) groups excluding carboxylic acids is 2. The number of rotatable bonds is 6. The summed E-state index contributed by atoms with van der Waals surface area (Å²) < 4.78 is 5.39. The number of nitrogens with zero attached hydrogens (tertiary/aromatic N) is 2. The minimum Gasteiger partial charge on any atom is -0.494 e. The van der Waals surface area contributed by atoms with Crippen LogP contribution in [-0.2, 0) is 9.59 Å². The Bertz CT molecular complexity index is 638. The molecule has 1 heterocycles. The topological polar surface area (TPSA) is 87.2 Å². The van der Waals surface area contributed by atoms with Crippen LogP contribution in [0.2, 0.25) is 0 Å². The van der Waals surface area contributed by atoms with Gasteiger partial charge in [-0.3, -0.25) is 14.4 Å². The maximum Gasteiger partial charge on any atom is 0.306 e. The number of ether oxygens (including phenoxy) is 1. The number of hydrogen-bond acceptors (Lipinski definition) is 4. The van der Waals surface area contributed by atoms with Crippen molar-refractivity contribution < 1.29 is 24.2 Å². The van der Waals surface area contributed by atoms with E-state index in [1.807, 2.05) is 6.92 Å². The fraction of sp³-hybridized carbons (Fsp3) is 0.500. The van der Waals surface area contributed by atoms with Gasteiger partial charge in [0.25, 0.3) is 5.91 Å². The number of likely N-dealkylation sites (tertiary alicyclic amines) is 1. The first-order valence-corrected chi connectivity index (χ1v) is 8.41. The van der Waals surface area contributed by atoms with E-state index in [4.69, 9.17) is 9.84 Å². The van der Waals surface area contributed by atoms with Gasteiger partial charge in [-0.05, 0) is 38.0 Å². The van der Waals surface area contributed by atoms with Crippen LogP contribution >= 0.6 is 0 Å². The van der Waals surface area contributed by atoms with Crippen LogP contribution in [-0.4, -0.2) is 66.0 Å². The van der Waals surface area contributed by atoms with Gasteiger partial charge in [0.1, 0.15) is 5.75 Å². The van der Waals surface area contributed by atoms with Crippen molar-refractivity contribution in [2.75, 3.05) is 33.3 Å². The van der Waals surface area contributed by atoms with E-state index in [2.05, 4.69) is 0 Å². The summed E-state index contributed by atoms with van der Waals surface area (Å²) in [6.45, 7) is 3.18. The number of benzene rings is 1. The van der Waals surface area contributed by atoms with Crippen molar-refractivity contribution in [3.63, 3.8) is 0 Å². The summed E-state index contributed by atoms with van der Waals surface area (Å²) >= 11 is 0. The van der Waals surface area contributed by atoms with Crippen LogP contribution in [0, 0.1) is 5.92 Å². The lowest BCUT2D eigenvalue weighted by atomic mass is 9.97. The molecule has 0 spiro atoms. The fourth-order valence-corrected chi connectivity index (χ4v) is 2.86. The third-order valence-electron chi connectivity index (χ3n) is 4.31. The molecule has 0 unspecified atom stereocenters. The van der Waals surface area contributed by atoms with Crippen LogP contribution in [0.5, 0.6) is 5.75 Å². The van der Waals surface area contributed by atoms with Gasteiger partial charge in [0.15, 0.2) is 0 Å². The van der Waals surface area contributed by atoms with Crippen LogP contribution in [0.25, 0.3) is 0 Å². The first-order chi connectivity index (χ1) is 11.9. The van der Waals surface area contributed by atoms with Gasteiger partial charge in [-0.2, -0.15) is 0 Å². The molecule has 1 N–H and O–H groups in total. The highest BCUT2D eigenvalue weighted by Gasteiger charge is 2.28. The molecule has 0 aliphatic carbocycles. The summed E-state index contributed by atoms with van der Waals surface area (Å²) in [6.07, 6.45) is 0.907. The summed E-state index contributed by atoms with van der Waals surface area (Å²) in [5, 5.41) is 9.00. The summed E-state index contributed by atoms with van der Waals surface area (Å²) in [4.78, 5) is 38.8. The molecule has 25 heavy (non-hydrogen) atoms. The zero-order valence-electron chi connectivity index (χ0n) is 14.6. The second-order valence-electron chi connectivity index (χ2n) is 6.12. The Morgan fingerprint density at radius 3 is 2.56 bits per heavy atom. The summed E-state index contributed by atoms with van der Waals surface area (Å²) in [7, 11) is 1.58. The highest BCUT2D eigenvalue weighted by molar-refractivity contribution is 5.96. The highest BCUT2D eigenvalue weighted by atomic mass is 16.5. The molecule has 2 rings (SSSR count). The van der Waals surface area contributed by atoms with Crippen molar-refractivity contribution in [3.8, 4) is 5.75 Å². The molecular formula is C18H24N2O5. The number of aliphatic carboxylic acids is 1. The SMILES string of the molecule is CCOc1cccc(C(=O)N(C)CC(=O)N2CCC(C(=O)O)CC2)c1. The molecule has 0 radical (unpaired) electrons. The predicted molar refractivity (Wildman–Crippen MR) is 91.5 cm³/mol. The van der Waals surface area contributed by atoms with Crippen molar-refractivity contribution in [1.29, 1.82) is 0 Å². The Morgan fingerprint density at radius 1 is 1.28 bits per heavy atom. The first-order valence-electron chi connectivity index (χ1n) is 8.41. The molecule has 1 aliphatic heterocycles. The molecule has 1 saturated heterocycles. The molecular weight excluding hydrogens is 324 g/mol. The quantitative estimate of drug-likeness (QED) is 0.841. The number of carbonyl (C=O) groups is 3. The highest BCUT2D eigenvalue weighted by Crippen LogP contribution is 2.18. The van der Waals surface area contributed by atoms with Crippen LogP contribution in [0.1, 0.15) is 30.1 Å². The van der Waals surface area contributed by atoms with E-state index in [0.29, 0.717) is 43.9 Å². The molecule has 2 amide bonds. The summed E-state index contributed by atoms with van der Waals surface area (Å²) in [6, 6.07) is 6.86. The molecule has 1 aliphatic rings. The molecule has 136 valence electrons. The number of amides is 2. The third kappa shape index (κ3) is 4.95. The third-order valence-corrected chi connectivity index (χ3v) is 4.31. The van der Waals surface area contributed by atoms with E-state index >= 15 is 0 Å². The van der Waals surface area contributed by atoms with Gasteiger partial charge in [0.2, 0.25) is 5.91 Å². The number of piperidine rings is 1. The molecule has 7 heteroatoms. The van der Waals surface area contributed by atoms with Crippen molar-refractivity contribution in [1.82, 2.24) is 9.80 Å². The van der Waals surface area contributed by atoms with E-state index in [9.17, 15) is 14.4 Å². The van der Waals surface area contributed by atoms with Crippen LogP contribution in [0.15, 0.2) is 24.3 Å². The monoisotopic (exact) mass is 348 g/mol. The standard InChI is InChI=1S/C18H24N2O5/c1-3-25-15-6-4-5-14(11-15)17(22)19(2)12-16(21)20-9-7-13(8-10-20)18(23)24/h4-6,11,13H,3,7-10,12H2,1-2H3,(H,23,24). The number of likely N-dealkylation sites (N-methyl/N-ethyl adjacent to an activating group) is 1. The minimum absolute atomic E-state index is 0.0323. The van der Waals surface area contributed by atoms with E-state index in [0.717, 1.165) is 0 Å². The largest absolute Gasteiger partial charge is 0.494 e. The van der Waals surface area contributed by atoms with Gasteiger partial charge in [0, 0.05) is 25.7 Å². The van der Waals surface area contributed by atoms with Gasteiger partial charge >= 0.3 is 5.97 Å². The lowest BCUT2D eigenvalue weighted by Crippen LogP contribution is -2.45. The second-order valence-corrected chi connectivity index (χ2v) is 6.12. The summed E-state index contributed by atoms with van der Waals surface area (Å²) in [5.41, 5.74) is 0.464. The molecule has 0 bridgehead atoms. The second kappa shape index (κ2) is 8.50. The number of hydrogen-bond donors (Lipinski definition) is 1. The Balaban J connectivity index is 1.91. The number of carboxylic acids is 1. The normalized spacial score (nSPS) is 14.9. The van der Waals surface area contributed by atoms with E-state index < -0.39 is 5.97 Å². The predicted octanol–water partition coefficient (Wildman–Crippen LogP) is 1.48. The van der Waals surface area contributed by atoms with E-state index in [1.165, 1.54) is 4.90 Å². The average Bonchev–Trinajstić information content (AvgIpc) is 2.61. The summed E-state index contributed by atoms with van der Waals surface area (Å²) in [5.74, 6) is -1.00. The van der Waals surface area contributed by atoms with Gasteiger partial charge < -0.3 is 19.6 Å². The van der Waals surface area contributed by atoms with E-state index in [1.54, 1.807) is 36.2 Å².